The molecule has 2 aromatic rings. The van der Waals surface area contributed by atoms with E-state index < -0.39 is 10.2 Å². The maximum Gasteiger partial charge on any atom is 0.296 e. The normalized spacial score (nSPS) is 11.4. The third-order valence-corrected chi connectivity index (χ3v) is 2.63. The lowest BCUT2D eigenvalue weighted by Crippen LogP contribution is -2.21. The summed E-state index contributed by atoms with van der Waals surface area (Å²) >= 11 is 0. The van der Waals surface area contributed by atoms with Crippen molar-refractivity contribution in [2.45, 2.75) is 6.54 Å². The van der Waals surface area contributed by atoms with E-state index in [0.717, 1.165) is 5.56 Å². The van der Waals surface area contributed by atoms with E-state index in [1.165, 1.54) is 0 Å². The van der Waals surface area contributed by atoms with Crippen LogP contribution in [0.2, 0.25) is 0 Å². The molecule has 0 saturated carbocycles. The molecule has 0 aliphatic heterocycles. The highest BCUT2D eigenvalue weighted by Crippen LogP contribution is 2.12. The van der Waals surface area contributed by atoms with Gasteiger partial charge >= 0.3 is 0 Å². The summed E-state index contributed by atoms with van der Waals surface area (Å²) in [5.74, 6) is 0. The van der Waals surface area contributed by atoms with Gasteiger partial charge in [-0.1, -0.05) is 12.1 Å². The van der Waals surface area contributed by atoms with Crippen molar-refractivity contribution in [2.75, 3.05) is 4.72 Å². The van der Waals surface area contributed by atoms with E-state index in [4.69, 9.17) is 5.14 Å². The van der Waals surface area contributed by atoms with Gasteiger partial charge in [0.25, 0.3) is 10.2 Å². The number of hydrogen-bond donors (Lipinski definition) is 2. The molecule has 17 heavy (non-hydrogen) atoms. The van der Waals surface area contributed by atoms with Crippen LogP contribution >= 0.6 is 0 Å². The quantitative estimate of drug-likeness (QED) is 0.832. The van der Waals surface area contributed by atoms with Crippen molar-refractivity contribution >= 4 is 15.9 Å². The summed E-state index contributed by atoms with van der Waals surface area (Å²) in [6, 6.07) is 7.03. The predicted molar refractivity (Wildman–Crippen MR) is 64.5 cm³/mol. The molecule has 90 valence electrons. The maximum absolute atomic E-state index is 10.9. The van der Waals surface area contributed by atoms with Crippen LogP contribution in [0.3, 0.4) is 0 Å². The van der Waals surface area contributed by atoms with Crippen LogP contribution in [-0.4, -0.2) is 18.0 Å². The molecule has 3 N–H and O–H groups in total. The van der Waals surface area contributed by atoms with E-state index in [1.54, 1.807) is 30.7 Å². The first kappa shape index (κ1) is 11.6. The topological polar surface area (TPSA) is 90.0 Å². The largest absolute Gasteiger partial charge is 0.333 e. The molecule has 1 heterocycles. The molecular weight excluding hydrogens is 240 g/mol. The highest BCUT2D eigenvalue weighted by atomic mass is 32.2. The number of nitrogens with one attached hydrogen (secondary N) is 1. The van der Waals surface area contributed by atoms with Gasteiger partial charge in [0, 0.05) is 18.9 Å². The van der Waals surface area contributed by atoms with Gasteiger partial charge < -0.3 is 4.57 Å². The Morgan fingerprint density at radius 3 is 2.88 bits per heavy atom. The summed E-state index contributed by atoms with van der Waals surface area (Å²) in [4.78, 5) is 3.93. The van der Waals surface area contributed by atoms with Gasteiger partial charge in [-0.15, -0.1) is 0 Å². The summed E-state index contributed by atoms with van der Waals surface area (Å²) in [5.41, 5.74) is 1.40. The molecule has 2 rings (SSSR count). The minimum atomic E-state index is -3.73. The number of hydrogen-bond acceptors (Lipinski definition) is 3. The van der Waals surface area contributed by atoms with Crippen LogP contribution in [0.15, 0.2) is 43.0 Å². The number of aromatic nitrogens is 2. The molecule has 0 spiro atoms. The molecule has 0 unspecified atom stereocenters. The smallest absolute Gasteiger partial charge is 0.296 e. The molecule has 1 aromatic carbocycles. The lowest BCUT2D eigenvalue weighted by molar-refractivity contribution is 0.603. The van der Waals surface area contributed by atoms with E-state index in [0.29, 0.717) is 12.2 Å². The highest BCUT2D eigenvalue weighted by Gasteiger charge is 2.03. The third-order valence-electron chi connectivity index (χ3n) is 2.11. The van der Waals surface area contributed by atoms with Gasteiger partial charge in [0.1, 0.15) is 0 Å². The highest BCUT2D eigenvalue weighted by molar-refractivity contribution is 7.90. The molecule has 6 nitrogen and oxygen atoms in total. The molecule has 0 fully saturated rings. The van der Waals surface area contributed by atoms with Crippen molar-refractivity contribution in [3.63, 3.8) is 0 Å². The number of anilines is 1. The van der Waals surface area contributed by atoms with Gasteiger partial charge in [0.05, 0.1) is 12.0 Å². The zero-order chi connectivity index (χ0) is 12.3. The van der Waals surface area contributed by atoms with Crippen molar-refractivity contribution in [3.05, 3.63) is 48.5 Å². The molecule has 0 aliphatic rings. The average molecular weight is 252 g/mol. The lowest BCUT2D eigenvalue weighted by atomic mass is 10.2. The standard InChI is InChI=1S/C10H12N4O2S/c11-17(15,16)13-10-3-1-2-9(6-10)7-14-5-4-12-8-14/h1-6,8,13H,7H2,(H2,11,15,16). The SMILES string of the molecule is NS(=O)(=O)Nc1cccc(Cn2ccnc2)c1. The molecule has 0 aliphatic carbocycles. The number of benzene rings is 1. The van der Waals surface area contributed by atoms with Crippen molar-refractivity contribution in [3.8, 4) is 0 Å². The third kappa shape index (κ3) is 3.58. The molecule has 1 aromatic heterocycles. The second-order valence-electron chi connectivity index (χ2n) is 3.58. The Morgan fingerprint density at radius 1 is 1.41 bits per heavy atom. The van der Waals surface area contributed by atoms with Crippen LogP contribution in [0.4, 0.5) is 5.69 Å². The van der Waals surface area contributed by atoms with Crippen molar-refractivity contribution in [1.29, 1.82) is 0 Å². The summed E-state index contributed by atoms with van der Waals surface area (Å²) in [5, 5.41) is 4.90. The van der Waals surface area contributed by atoms with Crippen LogP contribution in [0.1, 0.15) is 5.56 Å². The first-order valence-electron chi connectivity index (χ1n) is 4.88. The van der Waals surface area contributed by atoms with Gasteiger partial charge in [-0.2, -0.15) is 8.42 Å². The van der Waals surface area contributed by atoms with Gasteiger partial charge in [-0.05, 0) is 17.7 Å². The first-order valence-corrected chi connectivity index (χ1v) is 6.43. The molecule has 0 radical (unpaired) electrons. The first-order chi connectivity index (χ1) is 8.03. The van der Waals surface area contributed by atoms with Crippen LogP contribution in [0.25, 0.3) is 0 Å². The van der Waals surface area contributed by atoms with E-state index in [2.05, 4.69) is 9.71 Å². The predicted octanol–water partition coefficient (Wildman–Crippen LogP) is 0.547. The van der Waals surface area contributed by atoms with Crippen LogP contribution in [0.5, 0.6) is 0 Å². The monoisotopic (exact) mass is 252 g/mol. The maximum atomic E-state index is 10.9. The second kappa shape index (κ2) is 4.56. The van der Waals surface area contributed by atoms with Crippen LogP contribution in [0, 0.1) is 0 Å². The Labute approximate surface area is 99.3 Å². The Balaban J connectivity index is 2.17. The Kier molecular flexibility index (Phi) is 3.12. The summed E-state index contributed by atoms with van der Waals surface area (Å²) in [7, 11) is -3.73. The molecule has 0 amide bonds. The zero-order valence-electron chi connectivity index (χ0n) is 8.95. The Morgan fingerprint density at radius 2 is 2.24 bits per heavy atom. The van der Waals surface area contributed by atoms with E-state index in [1.807, 2.05) is 16.8 Å². The average Bonchev–Trinajstić information content (AvgIpc) is 2.68. The molecule has 0 bridgehead atoms. The molecule has 7 heteroatoms. The summed E-state index contributed by atoms with van der Waals surface area (Å²) < 4.78 is 25.9. The summed E-state index contributed by atoms with van der Waals surface area (Å²) in [6.07, 6.45) is 5.21. The lowest BCUT2D eigenvalue weighted by Gasteiger charge is -2.06. The van der Waals surface area contributed by atoms with Gasteiger partial charge in [-0.25, -0.2) is 10.1 Å². The summed E-state index contributed by atoms with van der Waals surface area (Å²) in [6.45, 7) is 0.625. The van der Waals surface area contributed by atoms with Crippen molar-refractivity contribution < 1.29 is 8.42 Å². The van der Waals surface area contributed by atoms with Gasteiger partial charge in [-0.3, -0.25) is 4.72 Å². The second-order valence-corrected chi connectivity index (χ2v) is 4.88. The van der Waals surface area contributed by atoms with Gasteiger partial charge in [0.15, 0.2) is 0 Å². The van der Waals surface area contributed by atoms with Crippen LogP contribution in [-0.2, 0) is 16.8 Å². The van der Waals surface area contributed by atoms with Crippen molar-refractivity contribution in [2.24, 2.45) is 5.14 Å². The molecule has 0 atom stereocenters. The number of nitrogens with two attached hydrogens (primary N) is 1. The Hall–Kier alpha value is -1.86. The fourth-order valence-electron chi connectivity index (χ4n) is 1.49. The Bertz CT molecular complexity index is 593. The number of imidazole rings is 1. The minimum absolute atomic E-state index is 0.449. The van der Waals surface area contributed by atoms with Crippen LogP contribution < -0.4 is 9.86 Å². The fraction of sp³-hybridized carbons (Fsp3) is 0.100. The zero-order valence-corrected chi connectivity index (χ0v) is 9.76. The minimum Gasteiger partial charge on any atom is -0.333 e. The van der Waals surface area contributed by atoms with E-state index in [-0.39, 0.29) is 0 Å². The van der Waals surface area contributed by atoms with E-state index >= 15 is 0 Å². The molecular formula is C10H12N4O2S. The number of rotatable bonds is 4. The fourth-order valence-corrected chi connectivity index (χ4v) is 1.94. The van der Waals surface area contributed by atoms with Crippen molar-refractivity contribution in [1.82, 2.24) is 9.55 Å². The van der Waals surface area contributed by atoms with Gasteiger partial charge in [0.2, 0.25) is 0 Å². The van der Waals surface area contributed by atoms with E-state index in [9.17, 15) is 8.42 Å². The number of nitrogens with zero attached hydrogens (tertiary/aromatic N) is 2. The molecule has 0 saturated heterocycles.